The Labute approximate surface area is 175 Å². The second kappa shape index (κ2) is 8.89. The van der Waals surface area contributed by atoms with Crippen LogP contribution < -0.4 is 9.47 Å². The molecule has 0 radical (unpaired) electrons. The molecule has 0 spiro atoms. The van der Waals surface area contributed by atoms with Crippen LogP contribution in [0.5, 0.6) is 11.5 Å². The van der Waals surface area contributed by atoms with Gasteiger partial charge in [-0.15, -0.1) is 0 Å². The van der Waals surface area contributed by atoms with Gasteiger partial charge in [0, 0.05) is 11.4 Å². The molecule has 2 aliphatic rings. The van der Waals surface area contributed by atoms with Gasteiger partial charge in [0.25, 0.3) is 0 Å². The van der Waals surface area contributed by atoms with Crippen LogP contribution in [0.2, 0.25) is 5.02 Å². The highest BCUT2D eigenvalue weighted by Gasteiger charge is 2.41. The second-order valence-corrected chi connectivity index (χ2v) is 7.62. The van der Waals surface area contributed by atoms with E-state index in [-0.39, 0.29) is 29.7 Å². The Morgan fingerprint density at radius 2 is 1.83 bits per heavy atom. The summed E-state index contributed by atoms with van der Waals surface area (Å²) in [5.74, 6) is 1.03. The minimum atomic E-state index is -0.218. The van der Waals surface area contributed by atoms with Crippen molar-refractivity contribution in [2.45, 2.75) is 38.1 Å². The Balaban J connectivity index is 1.38. The summed E-state index contributed by atoms with van der Waals surface area (Å²) in [7, 11) is 1.57. The fourth-order valence-corrected chi connectivity index (χ4v) is 3.99. The number of carbonyl (C=O) groups is 1. The van der Waals surface area contributed by atoms with Gasteiger partial charge < -0.3 is 18.9 Å². The zero-order chi connectivity index (χ0) is 20.2. The second-order valence-electron chi connectivity index (χ2n) is 7.22. The number of para-hydroxylation sites is 2. The van der Waals surface area contributed by atoms with E-state index in [0.717, 1.165) is 12.0 Å². The Morgan fingerprint density at radius 1 is 1.07 bits per heavy atom. The molecule has 1 aliphatic heterocycles. The Kier molecular flexibility index (Phi) is 6.07. The van der Waals surface area contributed by atoms with E-state index in [1.54, 1.807) is 19.2 Å². The number of halogens is 1. The van der Waals surface area contributed by atoms with E-state index in [1.807, 2.05) is 36.4 Å². The first-order valence-corrected chi connectivity index (χ1v) is 10.1. The third-order valence-electron chi connectivity index (χ3n) is 5.39. The lowest BCUT2D eigenvalue weighted by molar-refractivity contribution is -0.134. The summed E-state index contributed by atoms with van der Waals surface area (Å²) in [5.41, 5.74) is 0.962. The number of methoxy groups -OCH3 is 1. The molecule has 2 aromatic rings. The first-order valence-electron chi connectivity index (χ1n) is 9.71. The fraction of sp³-hybridized carbons (Fsp3) is 0.348. The van der Waals surface area contributed by atoms with E-state index in [1.165, 1.54) is 6.26 Å². The Morgan fingerprint density at radius 3 is 2.62 bits per heavy atom. The molecule has 1 heterocycles. The maximum absolute atomic E-state index is 12.9. The summed E-state index contributed by atoms with van der Waals surface area (Å²) >= 11 is 6.20. The van der Waals surface area contributed by atoms with Gasteiger partial charge in [-0.05, 0) is 36.6 Å². The SMILES string of the molecule is COc1ccccc1OC1=COC2CC(OCc3ccccc3Cl)CCC2C1=O. The predicted molar refractivity (Wildman–Crippen MR) is 109 cm³/mol. The quantitative estimate of drug-likeness (QED) is 0.671. The number of rotatable bonds is 6. The lowest BCUT2D eigenvalue weighted by Crippen LogP contribution is -2.42. The molecule has 1 fully saturated rings. The van der Waals surface area contributed by atoms with E-state index < -0.39 is 0 Å². The Bertz CT molecular complexity index is 910. The van der Waals surface area contributed by atoms with E-state index in [0.29, 0.717) is 36.0 Å². The summed E-state index contributed by atoms with van der Waals surface area (Å²) in [6.45, 7) is 0.452. The topological polar surface area (TPSA) is 54.0 Å². The van der Waals surface area contributed by atoms with Gasteiger partial charge in [0.05, 0.1) is 25.7 Å². The largest absolute Gasteiger partial charge is 0.493 e. The standard InChI is InChI=1S/C23H23ClO5/c1-26-19-8-4-5-9-20(19)29-22-14-28-21-12-16(10-11-17(21)23(22)25)27-13-15-6-2-3-7-18(15)24/h2-9,14,16-17,21H,10-13H2,1H3. The summed E-state index contributed by atoms with van der Waals surface area (Å²) in [4.78, 5) is 12.9. The molecule has 0 bridgehead atoms. The highest BCUT2D eigenvalue weighted by molar-refractivity contribution is 6.31. The molecule has 0 amide bonds. The van der Waals surface area contributed by atoms with Crippen molar-refractivity contribution in [1.29, 1.82) is 0 Å². The van der Waals surface area contributed by atoms with Gasteiger partial charge in [-0.1, -0.05) is 41.9 Å². The number of carbonyl (C=O) groups excluding carboxylic acids is 1. The lowest BCUT2D eigenvalue weighted by Gasteiger charge is -2.37. The van der Waals surface area contributed by atoms with Gasteiger partial charge in [-0.3, -0.25) is 4.79 Å². The molecule has 0 N–H and O–H groups in total. The molecule has 5 nitrogen and oxygen atoms in total. The van der Waals surface area contributed by atoms with Crippen molar-refractivity contribution < 1.29 is 23.7 Å². The fourth-order valence-electron chi connectivity index (χ4n) is 3.80. The maximum atomic E-state index is 12.9. The number of ketones is 1. The van der Waals surface area contributed by atoms with Crippen molar-refractivity contribution >= 4 is 17.4 Å². The van der Waals surface area contributed by atoms with E-state index in [9.17, 15) is 4.79 Å². The van der Waals surface area contributed by atoms with Gasteiger partial charge in [0.15, 0.2) is 11.5 Å². The van der Waals surface area contributed by atoms with Gasteiger partial charge in [0.2, 0.25) is 11.5 Å². The van der Waals surface area contributed by atoms with Crippen molar-refractivity contribution in [3.05, 3.63) is 71.1 Å². The minimum Gasteiger partial charge on any atom is -0.493 e. The third kappa shape index (κ3) is 4.41. The predicted octanol–water partition coefficient (Wildman–Crippen LogP) is 4.92. The molecule has 2 aromatic carbocycles. The molecule has 0 aromatic heterocycles. The first kappa shape index (κ1) is 19.8. The number of benzene rings is 2. The highest BCUT2D eigenvalue weighted by atomic mass is 35.5. The number of Topliss-reactive ketones (excluding diaryl/α,β-unsaturated/α-hetero) is 1. The van der Waals surface area contributed by atoms with Crippen LogP contribution in [0.25, 0.3) is 0 Å². The molecule has 1 saturated carbocycles. The van der Waals surface area contributed by atoms with Crippen LogP contribution >= 0.6 is 11.6 Å². The third-order valence-corrected chi connectivity index (χ3v) is 5.76. The maximum Gasteiger partial charge on any atom is 0.208 e. The molecule has 29 heavy (non-hydrogen) atoms. The van der Waals surface area contributed by atoms with Gasteiger partial charge in [-0.25, -0.2) is 0 Å². The van der Waals surface area contributed by atoms with Gasteiger partial charge in [0.1, 0.15) is 12.4 Å². The zero-order valence-corrected chi connectivity index (χ0v) is 16.9. The summed E-state index contributed by atoms with van der Waals surface area (Å²) < 4.78 is 23.0. The van der Waals surface area contributed by atoms with E-state index in [4.69, 9.17) is 30.5 Å². The van der Waals surface area contributed by atoms with Crippen molar-refractivity contribution in [3.8, 4) is 11.5 Å². The van der Waals surface area contributed by atoms with Gasteiger partial charge in [-0.2, -0.15) is 0 Å². The number of fused-ring (bicyclic) bond motifs is 1. The van der Waals surface area contributed by atoms with Crippen LogP contribution in [0.4, 0.5) is 0 Å². The van der Waals surface area contributed by atoms with Crippen molar-refractivity contribution in [2.75, 3.05) is 7.11 Å². The highest BCUT2D eigenvalue weighted by Crippen LogP contribution is 2.37. The minimum absolute atomic E-state index is 0.0308. The number of allylic oxidation sites excluding steroid dienone is 1. The molecule has 6 heteroatoms. The van der Waals surface area contributed by atoms with E-state index >= 15 is 0 Å². The lowest BCUT2D eigenvalue weighted by atomic mass is 9.80. The van der Waals surface area contributed by atoms with E-state index in [2.05, 4.69) is 0 Å². The molecule has 4 rings (SSSR count). The van der Waals surface area contributed by atoms with Crippen LogP contribution in [0.15, 0.2) is 60.6 Å². The summed E-state index contributed by atoms with van der Waals surface area (Å²) in [6.07, 6.45) is 3.42. The monoisotopic (exact) mass is 414 g/mol. The molecule has 3 atom stereocenters. The van der Waals surface area contributed by atoms with Crippen molar-refractivity contribution in [1.82, 2.24) is 0 Å². The summed E-state index contributed by atoms with van der Waals surface area (Å²) in [6, 6.07) is 14.9. The molecule has 152 valence electrons. The number of hydrogen-bond acceptors (Lipinski definition) is 5. The van der Waals surface area contributed by atoms with Crippen LogP contribution in [0.3, 0.4) is 0 Å². The van der Waals surface area contributed by atoms with Crippen LogP contribution in [0, 0.1) is 5.92 Å². The number of ether oxygens (including phenoxy) is 4. The Hall–Kier alpha value is -2.50. The smallest absolute Gasteiger partial charge is 0.208 e. The van der Waals surface area contributed by atoms with Crippen molar-refractivity contribution in [3.63, 3.8) is 0 Å². The van der Waals surface area contributed by atoms with Crippen molar-refractivity contribution in [2.24, 2.45) is 5.92 Å². The molecule has 3 unspecified atom stereocenters. The molecular formula is C23H23ClO5. The average Bonchev–Trinajstić information content (AvgIpc) is 2.75. The zero-order valence-electron chi connectivity index (χ0n) is 16.2. The van der Waals surface area contributed by atoms with Crippen LogP contribution in [-0.2, 0) is 20.9 Å². The van der Waals surface area contributed by atoms with Gasteiger partial charge >= 0.3 is 0 Å². The molecular weight excluding hydrogens is 392 g/mol. The van der Waals surface area contributed by atoms with Crippen LogP contribution in [-0.4, -0.2) is 25.1 Å². The average molecular weight is 415 g/mol. The number of hydrogen-bond donors (Lipinski definition) is 0. The first-order chi connectivity index (χ1) is 14.2. The van der Waals surface area contributed by atoms with Crippen LogP contribution in [0.1, 0.15) is 24.8 Å². The normalized spacial score (nSPS) is 23.6. The molecule has 0 saturated heterocycles. The molecule has 1 aliphatic carbocycles. The summed E-state index contributed by atoms with van der Waals surface area (Å²) in [5, 5.41) is 0.700.